The van der Waals surface area contributed by atoms with E-state index in [0.717, 1.165) is 33.8 Å². The van der Waals surface area contributed by atoms with E-state index in [1.165, 1.54) is 12.1 Å². The first-order valence-corrected chi connectivity index (χ1v) is 12.3. The molecule has 1 aliphatic heterocycles. The van der Waals surface area contributed by atoms with Crippen molar-refractivity contribution >= 4 is 11.7 Å². The molecular formula is C29H26FN7O. The van der Waals surface area contributed by atoms with E-state index in [2.05, 4.69) is 22.1 Å². The maximum absolute atomic E-state index is 14.2. The SMILES string of the molecule is Cc1cc(C(C)c2nccn2C)cc(N2Cc3ccc(-c4ccc(F)cc4-c4nncn4C)cc3C2=O)n1. The van der Waals surface area contributed by atoms with Gasteiger partial charge < -0.3 is 9.13 Å². The van der Waals surface area contributed by atoms with Gasteiger partial charge in [-0.3, -0.25) is 9.69 Å². The highest BCUT2D eigenvalue weighted by Gasteiger charge is 2.31. The van der Waals surface area contributed by atoms with E-state index in [4.69, 9.17) is 4.98 Å². The summed E-state index contributed by atoms with van der Waals surface area (Å²) in [5.41, 5.74) is 5.60. The molecule has 0 fully saturated rings. The fourth-order valence-corrected chi connectivity index (χ4v) is 5.14. The van der Waals surface area contributed by atoms with E-state index < -0.39 is 0 Å². The number of fused-ring (bicyclic) bond motifs is 1. The number of hydrogen-bond donors (Lipinski definition) is 0. The summed E-state index contributed by atoms with van der Waals surface area (Å²) in [6.45, 7) is 4.47. The summed E-state index contributed by atoms with van der Waals surface area (Å²) in [4.78, 5) is 24.6. The minimum atomic E-state index is -0.365. The van der Waals surface area contributed by atoms with Crippen molar-refractivity contribution in [3.8, 4) is 22.5 Å². The lowest BCUT2D eigenvalue weighted by Crippen LogP contribution is -2.24. The molecule has 1 unspecified atom stereocenters. The summed E-state index contributed by atoms with van der Waals surface area (Å²) < 4.78 is 18.0. The second kappa shape index (κ2) is 9.02. The molecule has 2 aromatic carbocycles. The van der Waals surface area contributed by atoms with Gasteiger partial charge in [0.1, 0.15) is 23.8 Å². The molecule has 190 valence electrons. The molecule has 1 amide bonds. The molecule has 0 bridgehead atoms. The molecule has 0 saturated carbocycles. The van der Waals surface area contributed by atoms with E-state index in [1.54, 1.807) is 28.1 Å². The number of carbonyl (C=O) groups excluding carboxylic acids is 1. The molecule has 9 heteroatoms. The maximum atomic E-state index is 14.2. The lowest BCUT2D eigenvalue weighted by atomic mass is 9.96. The van der Waals surface area contributed by atoms with Crippen molar-refractivity contribution in [3.05, 3.63) is 101 Å². The van der Waals surface area contributed by atoms with Crippen LogP contribution in [0.2, 0.25) is 0 Å². The molecule has 1 aliphatic rings. The normalized spacial score (nSPS) is 13.7. The van der Waals surface area contributed by atoms with Crippen LogP contribution in [0.25, 0.3) is 22.5 Å². The molecule has 5 aromatic rings. The van der Waals surface area contributed by atoms with Crippen LogP contribution >= 0.6 is 0 Å². The van der Waals surface area contributed by atoms with Crippen molar-refractivity contribution in [3.63, 3.8) is 0 Å². The monoisotopic (exact) mass is 507 g/mol. The number of anilines is 1. The molecule has 38 heavy (non-hydrogen) atoms. The van der Waals surface area contributed by atoms with Crippen molar-refractivity contribution in [1.82, 2.24) is 29.3 Å². The Bertz CT molecular complexity index is 1700. The van der Waals surface area contributed by atoms with Crippen LogP contribution in [-0.2, 0) is 20.6 Å². The standard InChI is InChI=1S/C29H26FN7O/c1-17-11-21(18(2)27-31-9-10-35(27)3)13-26(33-17)37-15-20-6-5-19(12-24(20)29(37)38)23-8-7-22(30)14-25(23)28-34-32-16-36(28)4/h5-14,16,18H,15H2,1-4H3. The van der Waals surface area contributed by atoms with Gasteiger partial charge in [-0.05, 0) is 59.5 Å². The van der Waals surface area contributed by atoms with Gasteiger partial charge in [0.05, 0.1) is 6.54 Å². The van der Waals surface area contributed by atoms with Gasteiger partial charge in [0.25, 0.3) is 5.91 Å². The zero-order valence-electron chi connectivity index (χ0n) is 21.6. The summed E-state index contributed by atoms with van der Waals surface area (Å²) in [7, 11) is 3.79. The van der Waals surface area contributed by atoms with Crippen LogP contribution in [0.4, 0.5) is 10.2 Å². The fourth-order valence-electron chi connectivity index (χ4n) is 5.14. The van der Waals surface area contributed by atoms with Gasteiger partial charge >= 0.3 is 0 Å². The molecule has 6 rings (SSSR count). The van der Waals surface area contributed by atoms with Gasteiger partial charge in [-0.2, -0.15) is 0 Å². The summed E-state index contributed by atoms with van der Waals surface area (Å²) >= 11 is 0. The topological polar surface area (TPSA) is 81.7 Å². The molecule has 0 radical (unpaired) electrons. The van der Waals surface area contributed by atoms with Gasteiger partial charge in [0.2, 0.25) is 0 Å². The molecule has 0 N–H and O–H groups in total. The average Bonchev–Trinajstić information content (AvgIpc) is 3.61. The first-order valence-electron chi connectivity index (χ1n) is 12.3. The molecule has 8 nitrogen and oxygen atoms in total. The van der Waals surface area contributed by atoms with E-state index in [-0.39, 0.29) is 17.6 Å². The molecule has 1 atom stereocenters. The number of amides is 1. The van der Waals surface area contributed by atoms with Crippen molar-refractivity contribution in [2.45, 2.75) is 26.3 Å². The lowest BCUT2D eigenvalue weighted by Gasteiger charge is -2.19. The Morgan fingerprint density at radius 3 is 2.55 bits per heavy atom. The Labute approximate surface area is 219 Å². The third kappa shape index (κ3) is 3.96. The Balaban J connectivity index is 1.36. The number of nitrogens with zero attached hydrogens (tertiary/aromatic N) is 7. The van der Waals surface area contributed by atoms with E-state index in [1.807, 2.05) is 62.1 Å². The highest BCUT2D eigenvalue weighted by atomic mass is 19.1. The number of aryl methyl sites for hydroxylation is 3. The molecule has 0 saturated heterocycles. The third-order valence-corrected chi connectivity index (χ3v) is 7.14. The quantitative estimate of drug-likeness (QED) is 0.333. The van der Waals surface area contributed by atoms with E-state index in [9.17, 15) is 9.18 Å². The van der Waals surface area contributed by atoms with Gasteiger partial charge in [-0.25, -0.2) is 14.4 Å². The van der Waals surface area contributed by atoms with Gasteiger partial charge in [0, 0.05) is 49.2 Å². The fraction of sp³-hybridized carbons (Fsp3) is 0.207. The number of benzene rings is 2. The van der Waals surface area contributed by atoms with Crippen LogP contribution in [0.15, 0.2) is 67.3 Å². The van der Waals surface area contributed by atoms with Crippen LogP contribution in [0.3, 0.4) is 0 Å². The number of pyridine rings is 1. The largest absolute Gasteiger partial charge is 0.338 e. The summed E-state index contributed by atoms with van der Waals surface area (Å²) in [6.07, 6.45) is 5.29. The molecule has 4 heterocycles. The highest BCUT2D eigenvalue weighted by molar-refractivity contribution is 6.10. The summed E-state index contributed by atoms with van der Waals surface area (Å²) in [5.74, 6) is 1.67. The highest BCUT2D eigenvalue weighted by Crippen LogP contribution is 2.36. The van der Waals surface area contributed by atoms with Crippen LogP contribution in [0.1, 0.15) is 45.8 Å². The minimum absolute atomic E-state index is 0.0413. The lowest BCUT2D eigenvalue weighted by molar-refractivity contribution is 0.0996. The zero-order chi connectivity index (χ0) is 26.6. The smallest absolute Gasteiger partial charge is 0.260 e. The van der Waals surface area contributed by atoms with Gasteiger partial charge in [0.15, 0.2) is 5.82 Å². The van der Waals surface area contributed by atoms with Crippen LogP contribution < -0.4 is 4.90 Å². The van der Waals surface area contributed by atoms with Gasteiger partial charge in [-0.1, -0.05) is 25.1 Å². The Morgan fingerprint density at radius 2 is 1.82 bits per heavy atom. The predicted octanol–water partition coefficient (Wildman–Crippen LogP) is 5.04. The predicted molar refractivity (Wildman–Crippen MR) is 142 cm³/mol. The Kier molecular flexibility index (Phi) is 5.63. The summed E-state index contributed by atoms with van der Waals surface area (Å²) in [6, 6.07) is 14.4. The number of rotatable bonds is 5. The first kappa shape index (κ1) is 23.7. The van der Waals surface area contributed by atoms with Crippen LogP contribution in [0, 0.1) is 12.7 Å². The minimum Gasteiger partial charge on any atom is -0.338 e. The number of hydrogen-bond acceptors (Lipinski definition) is 5. The van der Waals surface area contributed by atoms with Crippen LogP contribution in [-0.4, -0.2) is 35.2 Å². The number of carbonyl (C=O) groups is 1. The van der Waals surface area contributed by atoms with E-state index >= 15 is 0 Å². The summed E-state index contributed by atoms with van der Waals surface area (Å²) in [5, 5.41) is 8.10. The van der Waals surface area contributed by atoms with Crippen molar-refractivity contribution < 1.29 is 9.18 Å². The second-order valence-electron chi connectivity index (χ2n) is 9.74. The average molecular weight is 508 g/mol. The number of imidazole rings is 1. The molecular weight excluding hydrogens is 481 g/mol. The molecule has 0 aliphatic carbocycles. The Hall–Kier alpha value is -4.66. The van der Waals surface area contributed by atoms with Crippen molar-refractivity contribution in [1.29, 1.82) is 0 Å². The first-order chi connectivity index (χ1) is 18.3. The van der Waals surface area contributed by atoms with Crippen molar-refractivity contribution in [2.24, 2.45) is 14.1 Å². The third-order valence-electron chi connectivity index (χ3n) is 7.14. The van der Waals surface area contributed by atoms with E-state index in [0.29, 0.717) is 29.3 Å². The Morgan fingerprint density at radius 1 is 0.974 bits per heavy atom. The number of halogens is 1. The zero-order valence-corrected chi connectivity index (χ0v) is 21.6. The molecule has 3 aromatic heterocycles. The maximum Gasteiger partial charge on any atom is 0.260 e. The van der Waals surface area contributed by atoms with Gasteiger partial charge in [-0.15, -0.1) is 10.2 Å². The molecule has 0 spiro atoms. The number of aromatic nitrogens is 6. The second-order valence-corrected chi connectivity index (χ2v) is 9.74. The van der Waals surface area contributed by atoms with Crippen LogP contribution in [0.5, 0.6) is 0 Å². The van der Waals surface area contributed by atoms with Crippen molar-refractivity contribution in [2.75, 3.05) is 4.90 Å².